The maximum absolute atomic E-state index is 9.56. The van der Waals surface area contributed by atoms with Crippen molar-refractivity contribution in [3.05, 3.63) is 33.5 Å². The number of hydrogen-bond acceptors (Lipinski definition) is 4. The van der Waals surface area contributed by atoms with Crippen LogP contribution in [-0.4, -0.2) is 21.6 Å². The predicted molar refractivity (Wildman–Crippen MR) is 85.4 cm³/mol. The third-order valence-electron chi connectivity index (χ3n) is 2.70. The molecule has 2 N–H and O–H groups in total. The van der Waals surface area contributed by atoms with Gasteiger partial charge in [0, 0.05) is 12.1 Å². The number of nitrogens with one attached hydrogen (secondary N) is 1. The Kier molecular flexibility index (Phi) is 4.57. The lowest BCUT2D eigenvalue weighted by Gasteiger charge is -2.11. The van der Waals surface area contributed by atoms with Gasteiger partial charge in [0.2, 0.25) is 0 Å². The van der Waals surface area contributed by atoms with Gasteiger partial charge in [-0.05, 0) is 48.1 Å². The Bertz CT molecular complexity index is 587. The highest BCUT2D eigenvalue weighted by molar-refractivity contribution is 14.1. The molecule has 0 bridgehead atoms. The number of anilines is 1. The fourth-order valence-corrected chi connectivity index (χ4v) is 2.60. The Morgan fingerprint density at radius 2 is 2.05 bits per heavy atom. The minimum atomic E-state index is 0.225. The highest BCUT2D eigenvalue weighted by atomic mass is 127. The SMILES string of the molecule is CCNc1nc(-c2cccc(O)c2)nc(CC)c1I. The lowest BCUT2D eigenvalue weighted by atomic mass is 10.2. The highest BCUT2D eigenvalue weighted by Crippen LogP contribution is 2.26. The molecule has 5 heteroatoms. The van der Waals surface area contributed by atoms with Gasteiger partial charge in [0.15, 0.2) is 5.82 Å². The molecule has 0 saturated carbocycles. The summed E-state index contributed by atoms with van der Waals surface area (Å²) in [5, 5.41) is 12.8. The van der Waals surface area contributed by atoms with E-state index >= 15 is 0 Å². The van der Waals surface area contributed by atoms with E-state index in [4.69, 9.17) is 0 Å². The van der Waals surface area contributed by atoms with Crippen LogP contribution in [-0.2, 0) is 6.42 Å². The van der Waals surface area contributed by atoms with E-state index in [2.05, 4.69) is 44.8 Å². The number of phenolic OH excluding ortho intramolecular Hbond substituents is 1. The van der Waals surface area contributed by atoms with E-state index in [9.17, 15) is 5.11 Å². The van der Waals surface area contributed by atoms with Crippen LogP contribution in [0.4, 0.5) is 5.82 Å². The van der Waals surface area contributed by atoms with Crippen molar-refractivity contribution in [2.24, 2.45) is 0 Å². The molecule has 1 aromatic heterocycles. The first-order chi connectivity index (χ1) is 9.15. The predicted octanol–water partition coefficient (Wildman–Crippen LogP) is 3.45. The average molecular weight is 369 g/mol. The molecule has 0 unspecified atom stereocenters. The minimum Gasteiger partial charge on any atom is -0.508 e. The number of aromatic nitrogens is 2. The lowest BCUT2D eigenvalue weighted by Crippen LogP contribution is -2.07. The van der Waals surface area contributed by atoms with Crippen molar-refractivity contribution in [1.29, 1.82) is 0 Å². The summed E-state index contributed by atoms with van der Waals surface area (Å²) in [7, 11) is 0. The van der Waals surface area contributed by atoms with Gasteiger partial charge in [0.05, 0.1) is 9.26 Å². The Balaban J connectivity index is 2.54. The highest BCUT2D eigenvalue weighted by Gasteiger charge is 2.12. The maximum atomic E-state index is 9.56. The van der Waals surface area contributed by atoms with E-state index in [1.54, 1.807) is 18.2 Å². The largest absolute Gasteiger partial charge is 0.508 e. The van der Waals surface area contributed by atoms with Gasteiger partial charge in [0.25, 0.3) is 0 Å². The van der Waals surface area contributed by atoms with E-state index in [0.717, 1.165) is 33.6 Å². The summed E-state index contributed by atoms with van der Waals surface area (Å²) in [6.45, 7) is 4.93. The van der Waals surface area contributed by atoms with E-state index < -0.39 is 0 Å². The summed E-state index contributed by atoms with van der Waals surface area (Å²) < 4.78 is 1.06. The molecule has 0 saturated heterocycles. The van der Waals surface area contributed by atoms with Crippen LogP contribution in [0.2, 0.25) is 0 Å². The smallest absolute Gasteiger partial charge is 0.161 e. The minimum absolute atomic E-state index is 0.225. The van der Waals surface area contributed by atoms with Crippen molar-refractivity contribution in [2.45, 2.75) is 20.3 Å². The molecule has 1 aromatic carbocycles. The summed E-state index contributed by atoms with van der Waals surface area (Å²) in [5.74, 6) is 1.72. The monoisotopic (exact) mass is 369 g/mol. The van der Waals surface area contributed by atoms with Crippen molar-refractivity contribution < 1.29 is 5.11 Å². The normalized spacial score (nSPS) is 10.5. The number of aromatic hydroxyl groups is 1. The molecule has 0 fully saturated rings. The van der Waals surface area contributed by atoms with Crippen LogP contribution in [0.3, 0.4) is 0 Å². The second kappa shape index (κ2) is 6.18. The van der Waals surface area contributed by atoms with Gasteiger partial charge in [-0.15, -0.1) is 0 Å². The van der Waals surface area contributed by atoms with Gasteiger partial charge in [-0.1, -0.05) is 19.1 Å². The van der Waals surface area contributed by atoms with Gasteiger partial charge < -0.3 is 10.4 Å². The third-order valence-corrected chi connectivity index (χ3v) is 3.84. The van der Waals surface area contributed by atoms with Crippen molar-refractivity contribution in [3.8, 4) is 17.1 Å². The van der Waals surface area contributed by atoms with Gasteiger partial charge in [-0.25, -0.2) is 9.97 Å². The molecule has 2 aromatic rings. The van der Waals surface area contributed by atoms with Gasteiger partial charge in [-0.2, -0.15) is 0 Å². The van der Waals surface area contributed by atoms with Gasteiger partial charge in [0.1, 0.15) is 11.6 Å². The van der Waals surface area contributed by atoms with Crippen molar-refractivity contribution in [1.82, 2.24) is 9.97 Å². The molecule has 0 spiro atoms. The van der Waals surface area contributed by atoms with Crippen LogP contribution in [0.5, 0.6) is 5.75 Å². The molecular weight excluding hydrogens is 353 g/mol. The topological polar surface area (TPSA) is 58.0 Å². The molecule has 0 atom stereocenters. The summed E-state index contributed by atoms with van der Waals surface area (Å²) in [5.41, 5.74) is 1.84. The molecule has 0 aliphatic heterocycles. The number of aryl methyl sites for hydroxylation is 1. The van der Waals surface area contributed by atoms with Crippen LogP contribution >= 0.6 is 22.6 Å². The zero-order valence-electron chi connectivity index (χ0n) is 10.9. The Morgan fingerprint density at radius 3 is 2.68 bits per heavy atom. The Labute approximate surface area is 126 Å². The number of phenols is 1. The molecule has 0 aliphatic carbocycles. The molecule has 0 aliphatic rings. The number of nitrogens with zero attached hydrogens (tertiary/aromatic N) is 2. The fourth-order valence-electron chi connectivity index (χ4n) is 1.79. The first-order valence-electron chi connectivity index (χ1n) is 6.25. The Morgan fingerprint density at radius 1 is 1.26 bits per heavy atom. The summed E-state index contributed by atoms with van der Waals surface area (Å²) in [6.07, 6.45) is 0.852. The zero-order chi connectivity index (χ0) is 13.8. The molecule has 0 radical (unpaired) electrons. The van der Waals surface area contributed by atoms with Crippen molar-refractivity contribution in [2.75, 3.05) is 11.9 Å². The standard InChI is InChI=1S/C14H16IN3O/c1-3-11-12(15)14(16-4-2)18-13(17-11)9-6-5-7-10(19)8-9/h5-8,19H,3-4H2,1-2H3,(H,16,17,18). The zero-order valence-corrected chi connectivity index (χ0v) is 13.1. The van der Waals surface area contributed by atoms with Gasteiger partial charge in [-0.3, -0.25) is 0 Å². The number of benzene rings is 1. The van der Waals surface area contributed by atoms with E-state index in [1.165, 1.54) is 0 Å². The summed E-state index contributed by atoms with van der Waals surface area (Å²) in [6, 6.07) is 7.01. The van der Waals surface area contributed by atoms with Crippen molar-refractivity contribution >= 4 is 28.4 Å². The van der Waals surface area contributed by atoms with Crippen molar-refractivity contribution in [3.63, 3.8) is 0 Å². The number of hydrogen-bond donors (Lipinski definition) is 2. The van der Waals surface area contributed by atoms with Crippen LogP contribution in [0.1, 0.15) is 19.5 Å². The summed E-state index contributed by atoms with van der Waals surface area (Å²) in [4.78, 5) is 9.12. The van der Waals surface area contributed by atoms with E-state index in [1.807, 2.05) is 13.0 Å². The van der Waals surface area contributed by atoms with Crippen LogP contribution in [0.15, 0.2) is 24.3 Å². The molecule has 19 heavy (non-hydrogen) atoms. The first-order valence-corrected chi connectivity index (χ1v) is 7.33. The first kappa shape index (κ1) is 14.0. The summed E-state index contributed by atoms with van der Waals surface area (Å²) >= 11 is 2.27. The second-order valence-electron chi connectivity index (χ2n) is 4.09. The molecule has 1 heterocycles. The van der Waals surface area contributed by atoms with Crippen LogP contribution < -0.4 is 5.32 Å². The molecule has 2 rings (SSSR count). The molecular formula is C14H16IN3O. The molecule has 0 amide bonds. The number of halogens is 1. The fraction of sp³-hybridized carbons (Fsp3) is 0.286. The number of rotatable bonds is 4. The maximum Gasteiger partial charge on any atom is 0.161 e. The van der Waals surface area contributed by atoms with Crippen LogP contribution in [0, 0.1) is 3.57 Å². The molecule has 4 nitrogen and oxygen atoms in total. The third kappa shape index (κ3) is 3.15. The average Bonchev–Trinajstić information content (AvgIpc) is 2.41. The second-order valence-corrected chi connectivity index (χ2v) is 5.17. The van der Waals surface area contributed by atoms with Gasteiger partial charge >= 0.3 is 0 Å². The van der Waals surface area contributed by atoms with Crippen LogP contribution in [0.25, 0.3) is 11.4 Å². The molecule has 100 valence electrons. The lowest BCUT2D eigenvalue weighted by molar-refractivity contribution is 0.475. The van der Waals surface area contributed by atoms with E-state index in [0.29, 0.717) is 5.82 Å². The Hall–Kier alpha value is -1.37. The quantitative estimate of drug-likeness (QED) is 0.811. The van der Waals surface area contributed by atoms with E-state index in [-0.39, 0.29) is 5.75 Å².